The molecular weight excluding hydrogens is 344 g/mol. The van der Waals surface area contributed by atoms with Crippen LogP contribution in [0.1, 0.15) is 86.7 Å². The predicted molar refractivity (Wildman–Crippen MR) is 115 cm³/mol. The van der Waals surface area contributed by atoms with E-state index in [4.69, 9.17) is 4.74 Å². The van der Waals surface area contributed by atoms with Gasteiger partial charge in [-0.05, 0) is 61.3 Å². The van der Waals surface area contributed by atoms with Gasteiger partial charge in [0.25, 0.3) is 0 Å². The molecule has 150 valence electrons. The van der Waals surface area contributed by atoms with Crippen molar-refractivity contribution in [2.45, 2.75) is 77.2 Å². The fourth-order valence-electron chi connectivity index (χ4n) is 4.42. The van der Waals surface area contributed by atoms with Crippen molar-refractivity contribution >= 4 is 5.97 Å². The number of esters is 1. The Morgan fingerprint density at radius 3 is 2.25 bits per heavy atom. The van der Waals surface area contributed by atoms with Gasteiger partial charge in [-0.1, -0.05) is 82.0 Å². The number of ether oxygens (including phenoxy) is 1. The van der Waals surface area contributed by atoms with Gasteiger partial charge < -0.3 is 4.74 Å². The third kappa shape index (κ3) is 5.04. The van der Waals surface area contributed by atoms with Crippen LogP contribution in [-0.4, -0.2) is 5.97 Å². The van der Waals surface area contributed by atoms with Gasteiger partial charge in [0.05, 0.1) is 5.56 Å². The van der Waals surface area contributed by atoms with Crippen molar-refractivity contribution in [2.75, 3.05) is 0 Å². The normalized spacial score (nSPS) is 22.0. The fraction of sp³-hybridized carbons (Fsp3) is 0.500. The number of aryl methyl sites for hydroxylation is 1. The molecule has 0 saturated heterocycles. The first-order valence-corrected chi connectivity index (χ1v) is 11.0. The Morgan fingerprint density at radius 1 is 0.964 bits per heavy atom. The summed E-state index contributed by atoms with van der Waals surface area (Å²) in [6.45, 7) is 4.43. The van der Waals surface area contributed by atoms with Crippen molar-refractivity contribution in [2.24, 2.45) is 5.92 Å². The zero-order valence-electron chi connectivity index (χ0n) is 17.5. The summed E-state index contributed by atoms with van der Waals surface area (Å²) >= 11 is 0. The van der Waals surface area contributed by atoms with Crippen molar-refractivity contribution in [3.63, 3.8) is 0 Å². The molecule has 1 aliphatic carbocycles. The van der Waals surface area contributed by atoms with E-state index in [1.165, 1.54) is 31.2 Å². The summed E-state index contributed by atoms with van der Waals surface area (Å²) in [6.07, 6.45) is 10.4. The van der Waals surface area contributed by atoms with E-state index in [1.54, 1.807) is 0 Å². The van der Waals surface area contributed by atoms with Crippen molar-refractivity contribution in [3.8, 4) is 0 Å². The Kier molecular flexibility index (Phi) is 7.30. The maximum atomic E-state index is 12.9. The summed E-state index contributed by atoms with van der Waals surface area (Å²) in [6, 6.07) is 18.1. The Labute approximate surface area is 170 Å². The summed E-state index contributed by atoms with van der Waals surface area (Å²) in [5.74, 6) is 0.564. The second-order valence-electron chi connectivity index (χ2n) is 8.24. The van der Waals surface area contributed by atoms with E-state index in [0.717, 1.165) is 43.6 Å². The third-order valence-corrected chi connectivity index (χ3v) is 6.31. The van der Waals surface area contributed by atoms with E-state index in [-0.39, 0.29) is 5.97 Å². The third-order valence-electron chi connectivity index (χ3n) is 6.31. The van der Waals surface area contributed by atoms with Crippen molar-refractivity contribution in [1.82, 2.24) is 0 Å². The summed E-state index contributed by atoms with van der Waals surface area (Å²) in [5, 5.41) is 0. The predicted octanol–water partition coefficient (Wildman–Crippen LogP) is 7.07. The highest BCUT2D eigenvalue weighted by Crippen LogP contribution is 2.44. The molecule has 0 atom stereocenters. The van der Waals surface area contributed by atoms with Crippen LogP contribution in [-0.2, 0) is 16.8 Å². The van der Waals surface area contributed by atoms with Gasteiger partial charge in [-0.15, -0.1) is 0 Å². The Morgan fingerprint density at radius 2 is 1.64 bits per heavy atom. The molecule has 1 fully saturated rings. The van der Waals surface area contributed by atoms with Gasteiger partial charge in [0.2, 0.25) is 0 Å². The van der Waals surface area contributed by atoms with Crippen LogP contribution in [0, 0.1) is 5.92 Å². The first kappa shape index (κ1) is 20.6. The molecule has 0 aliphatic heterocycles. The van der Waals surface area contributed by atoms with E-state index < -0.39 is 5.60 Å². The van der Waals surface area contributed by atoms with E-state index in [1.807, 2.05) is 30.3 Å². The molecule has 0 N–H and O–H groups in total. The van der Waals surface area contributed by atoms with E-state index >= 15 is 0 Å². The molecule has 0 unspecified atom stereocenters. The highest BCUT2D eigenvalue weighted by Gasteiger charge is 2.40. The van der Waals surface area contributed by atoms with Crippen molar-refractivity contribution < 1.29 is 9.53 Å². The number of carbonyl (C=O) groups is 1. The van der Waals surface area contributed by atoms with Gasteiger partial charge in [-0.25, -0.2) is 4.79 Å². The van der Waals surface area contributed by atoms with Crippen LogP contribution in [0.2, 0.25) is 0 Å². The van der Waals surface area contributed by atoms with Crippen LogP contribution in [0.4, 0.5) is 0 Å². The van der Waals surface area contributed by atoms with Crippen LogP contribution in [0.5, 0.6) is 0 Å². The van der Waals surface area contributed by atoms with Gasteiger partial charge in [0.15, 0.2) is 0 Å². The van der Waals surface area contributed by atoms with Crippen LogP contribution in [0.15, 0.2) is 54.6 Å². The second-order valence-corrected chi connectivity index (χ2v) is 8.24. The summed E-state index contributed by atoms with van der Waals surface area (Å²) in [4.78, 5) is 12.9. The zero-order chi connectivity index (χ0) is 19.8. The number of hydrogen-bond donors (Lipinski definition) is 0. The number of rotatable bonds is 8. The lowest BCUT2D eigenvalue weighted by atomic mass is 9.73. The molecule has 0 spiro atoms. The standard InChI is InChI=1S/C26H34O2/c1-3-5-7-10-22-17-19-26(20-18-22,24-15-13-21(4-2)14-16-24)28-25(27)23-11-8-6-9-12-23/h6,8-9,11-16,22H,3-5,7,10,17-20H2,1-2H3/t22-,26-. The molecule has 0 heterocycles. The largest absolute Gasteiger partial charge is 0.451 e. The second kappa shape index (κ2) is 9.91. The zero-order valence-corrected chi connectivity index (χ0v) is 17.5. The molecule has 28 heavy (non-hydrogen) atoms. The van der Waals surface area contributed by atoms with Crippen molar-refractivity contribution in [1.29, 1.82) is 0 Å². The van der Waals surface area contributed by atoms with Gasteiger partial charge >= 0.3 is 5.97 Å². The maximum absolute atomic E-state index is 12.9. The lowest BCUT2D eigenvalue weighted by Crippen LogP contribution is -2.37. The van der Waals surface area contributed by atoms with Gasteiger partial charge in [0.1, 0.15) is 5.60 Å². The molecule has 0 amide bonds. The van der Waals surface area contributed by atoms with Crippen molar-refractivity contribution in [3.05, 3.63) is 71.3 Å². The smallest absolute Gasteiger partial charge is 0.339 e. The SMILES string of the molecule is CCCCC[C@H]1CC[C@@](OC(=O)c2ccccc2)(c2ccc(CC)cc2)CC1. The molecule has 1 aliphatic rings. The number of benzene rings is 2. The summed E-state index contributed by atoms with van der Waals surface area (Å²) in [7, 11) is 0. The summed E-state index contributed by atoms with van der Waals surface area (Å²) in [5.41, 5.74) is 2.63. The molecule has 0 aromatic heterocycles. The highest BCUT2D eigenvalue weighted by atomic mass is 16.6. The van der Waals surface area contributed by atoms with E-state index in [0.29, 0.717) is 5.56 Å². The Balaban J connectivity index is 1.77. The maximum Gasteiger partial charge on any atom is 0.339 e. The van der Waals surface area contributed by atoms with Gasteiger partial charge in [0, 0.05) is 0 Å². The Bertz CT molecular complexity index is 725. The minimum atomic E-state index is -0.486. The molecule has 2 nitrogen and oxygen atoms in total. The summed E-state index contributed by atoms with van der Waals surface area (Å²) < 4.78 is 6.26. The quantitative estimate of drug-likeness (QED) is 0.362. The van der Waals surface area contributed by atoms with Crippen LogP contribution in [0.3, 0.4) is 0 Å². The minimum Gasteiger partial charge on any atom is -0.451 e. The van der Waals surface area contributed by atoms with E-state index in [2.05, 4.69) is 38.1 Å². The molecule has 2 aromatic carbocycles. The molecule has 2 heteroatoms. The van der Waals surface area contributed by atoms with E-state index in [9.17, 15) is 4.79 Å². The molecular formula is C26H34O2. The lowest BCUT2D eigenvalue weighted by Gasteiger charge is -2.40. The highest BCUT2D eigenvalue weighted by molar-refractivity contribution is 5.89. The number of hydrogen-bond acceptors (Lipinski definition) is 2. The molecule has 1 saturated carbocycles. The van der Waals surface area contributed by atoms with Crippen LogP contribution in [0.25, 0.3) is 0 Å². The average molecular weight is 379 g/mol. The minimum absolute atomic E-state index is 0.204. The topological polar surface area (TPSA) is 26.3 Å². The van der Waals surface area contributed by atoms with Crippen LogP contribution < -0.4 is 0 Å². The fourth-order valence-corrected chi connectivity index (χ4v) is 4.42. The number of unbranched alkanes of at least 4 members (excludes halogenated alkanes) is 2. The average Bonchev–Trinajstić information content (AvgIpc) is 2.76. The molecule has 2 aromatic rings. The monoisotopic (exact) mass is 378 g/mol. The van der Waals surface area contributed by atoms with Crippen LogP contribution >= 0.6 is 0 Å². The Hall–Kier alpha value is -2.09. The van der Waals surface area contributed by atoms with Gasteiger partial charge in [-0.3, -0.25) is 0 Å². The first-order valence-electron chi connectivity index (χ1n) is 11.0. The van der Waals surface area contributed by atoms with Gasteiger partial charge in [-0.2, -0.15) is 0 Å². The first-order chi connectivity index (χ1) is 13.7. The molecule has 0 radical (unpaired) electrons. The number of carbonyl (C=O) groups excluding carboxylic acids is 1. The molecule has 3 rings (SSSR count). The molecule has 0 bridgehead atoms. The lowest BCUT2D eigenvalue weighted by molar-refractivity contribution is -0.0498.